The summed E-state index contributed by atoms with van der Waals surface area (Å²) in [6, 6.07) is 10.1. The molecule has 0 fully saturated rings. The van der Waals surface area contributed by atoms with Crippen molar-refractivity contribution in [3.8, 4) is 16.9 Å². The first-order valence-electron chi connectivity index (χ1n) is 5.72. The molecule has 90 valence electrons. The second kappa shape index (κ2) is 4.14. The summed E-state index contributed by atoms with van der Waals surface area (Å²) in [6.07, 6.45) is 1.74. The molecule has 1 aliphatic rings. The number of rotatable bonds is 1. The van der Waals surface area contributed by atoms with E-state index in [1.165, 1.54) is 5.56 Å². The predicted octanol–water partition coefficient (Wildman–Crippen LogP) is 2.39. The highest BCUT2D eigenvalue weighted by molar-refractivity contribution is 5.94. The fourth-order valence-corrected chi connectivity index (χ4v) is 1.94. The molecule has 4 nitrogen and oxygen atoms in total. The van der Waals surface area contributed by atoms with Gasteiger partial charge in [-0.1, -0.05) is 29.8 Å². The molecule has 1 aromatic heterocycles. The van der Waals surface area contributed by atoms with Crippen molar-refractivity contribution in [1.82, 2.24) is 4.98 Å². The Labute approximate surface area is 105 Å². The number of carbonyl (C=O) groups excluding carboxylic acids is 1. The largest absolute Gasteiger partial charge is 0.480 e. The van der Waals surface area contributed by atoms with Crippen LogP contribution in [-0.2, 0) is 4.79 Å². The number of carbonyl (C=O) groups is 1. The molecule has 1 aliphatic heterocycles. The lowest BCUT2D eigenvalue weighted by Crippen LogP contribution is -2.26. The van der Waals surface area contributed by atoms with Gasteiger partial charge in [-0.15, -0.1) is 0 Å². The lowest BCUT2D eigenvalue weighted by Gasteiger charge is -2.17. The van der Waals surface area contributed by atoms with E-state index in [4.69, 9.17) is 4.74 Å². The third-order valence-corrected chi connectivity index (χ3v) is 2.82. The number of nitrogens with one attached hydrogen (secondary N) is 1. The maximum Gasteiger partial charge on any atom is 0.263 e. The van der Waals surface area contributed by atoms with Crippen molar-refractivity contribution in [3.63, 3.8) is 0 Å². The number of fused-ring (bicyclic) bond motifs is 1. The van der Waals surface area contributed by atoms with Gasteiger partial charge in [0.2, 0.25) is 0 Å². The topological polar surface area (TPSA) is 51.2 Å². The number of nitrogens with zero attached hydrogens (tertiary/aromatic N) is 1. The number of benzene rings is 1. The van der Waals surface area contributed by atoms with Gasteiger partial charge in [0.25, 0.3) is 5.91 Å². The minimum Gasteiger partial charge on any atom is -0.480 e. The van der Waals surface area contributed by atoms with Crippen LogP contribution in [0.1, 0.15) is 5.56 Å². The Morgan fingerprint density at radius 1 is 1.28 bits per heavy atom. The number of aryl methyl sites for hydroxylation is 1. The van der Waals surface area contributed by atoms with Crippen molar-refractivity contribution in [2.75, 3.05) is 11.9 Å². The van der Waals surface area contributed by atoms with E-state index >= 15 is 0 Å². The van der Waals surface area contributed by atoms with Crippen LogP contribution >= 0.6 is 0 Å². The van der Waals surface area contributed by atoms with E-state index in [1.807, 2.05) is 31.2 Å². The highest BCUT2D eigenvalue weighted by Gasteiger charge is 2.17. The van der Waals surface area contributed by atoms with Crippen LogP contribution in [-0.4, -0.2) is 17.5 Å². The molecule has 0 saturated heterocycles. The first-order chi connectivity index (χ1) is 8.72. The van der Waals surface area contributed by atoms with E-state index in [2.05, 4.69) is 16.4 Å². The molecule has 1 amide bonds. The summed E-state index contributed by atoms with van der Waals surface area (Å²) in [5.41, 5.74) is 3.26. The molecule has 3 rings (SSSR count). The molecule has 18 heavy (non-hydrogen) atoms. The van der Waals surface area contributed by atoms with Crippen LogP contribution in [0.3, 0.4) is 0 Å². The van der Waals surface area contributed by atoms with Crippen molar-refractivity contribution in [1.29, 1.82) is 0 Å². The normalized spacial score (nSPS) is 13.5. The van der Waals surface area contributed by atoms with Crippen molar-refractivity contribution >= 4 is 11.7 Å². The average molecular weight is 240 g/mol. The standard InChI is InChI=1S/C14H12N2O2/c1-9-3-2-4-10(5-9)11-6-12-14(15-7-11)16-13(17)8-18-12/h2-7H,8H2,1H3,(H,15,16,17). The number of aromatic nitrogens is 1. The van der Waals surface area contributed by atoms with Gasteiger partial charge in [-0.3, -0.25) is 4.79 Å². The maximum atomic E-state index is 11.1. The maximum absolute atomic E-state index is 11.1. The van der Waals surface area contributed by atoms with Gasteiger partial charge in [-0.05, 0) is 18.6 Å². The molecule has 2 heterocycles. The molecule has 0 atom stereocenters. The van der Waals surface area contributed by atoms with Crippen LogP contribution in [0, 0.1) is 6.92 Å². The van der Waals surface area contributed by atoms with Gasteiger partial charge in [-0.2, -0.15) is 0 Å². The smallest absolute Gasteiger partial charge is 0.263 e. The molecular weight excluding hydrogens is 228 g/mol. The fourth-order valence-electron chi connectivity index (χ4n) is 1.94. The van der Waals surface area contributed by atoms with Crippen LogP contribution in [0.5, 0.6) is 5.75 Å². The van der Waals surface area contributed by atoms with E-state index in [0.717, 1.165) is 11.1 Å². The number of anilines is 1. The second-order valence-electron chi connectivity index (χ2n) is 4.28. The SMILES string of the molecule is Cc1cccc(-c2cnc3c(c2)OCC(=O)N3)c1. The number of hydrogen-bond acceptors (Lipinski definition) is 3. The number of ether oxygens (including phenoxy) is 1. The highest BCUT2D eigenvalue weighted by atomic mass is 16.5. The third-order valence-electron chi connectivity index (χ3n) is 2.82. The van der Waals surface area contributed by atoms with Gasteiger partial charge >= 0.3 is 0 Å². The molecule has 0 spiro atoms. The third kappa shape index (κ3) is 1.93. The fraction of sp³-hybridized carbons (Fsp3) is 0.143. The van der Waals surface area contributed by atoms with E-state index in [9.17, 15) is 4.79 Å². The molecule has 0 radical (unpaired) electrons. The monoisotopic (exact) mass is 240 g/mol. The first kappa shape index (κ1) is 10.8. The molecule has 0 aliphatic carbocycles. The molecule has 0 bridgehead atoms. The summed E-state index contributed by atoms with van der Waals surface area (Å²) in [6.45, 7) is 2.10. The predicted molar refractivity (Wildman–Crippen MR) is 68.5 cm³/mol. The summed E-state index contributed by atoms with van der Waals surface area (Å²) >= 11 is 0. The Morgan fingerprint density at radius 2 is 2.17 bits per heavy atom. The van der Waals surface area contributed by atoms with E-state index in [1.54, 1.807) is 6.20 Å². The number of hydrogen-bond donors (Lipinski definition) is 1. The zero-order valence-corrected chi connectivity index (χ0v) is 9.93. The molecule has 1 aromatic carbocycles. The molecule has 2 aromatic rings. The van der Waals surface area contributed by atoms with Crippen molar-refractivity contribution < 1.29 is 9.53 Å². The Morgan fingerprint density at radius 3 is 3.00 bits per heavy atom. The zero-order valence-electron chi connectivity index (χ0n) is 9.93. The molecule has 4 heteroatoms. The zero-order chi connectivity index (χ0) is 12.5. The molecule has 0 saturated carbocycles. The van der Waals surface area contributed by atoms with E-state index in [0.29, 0.717) is 11.6 Å². The van der Waals surface area contributed by atoms with Gasteiger partial charge < -0.3 is 10.1 Å². The van der Waals surface area contributed by atoms with E-state index < -0.39 is 0 Å². The Hall–Kier alpha value is -2.36. The Bertz CT molecular complexity index is 623. The summed E-state index contributed by atoms with van der Waals surface area (Å²) in [5.74, 6) is 0.939. The van der Waals surface area contributed by atoms with Crippen molar-refractivity contribution in [2.45, 2.75) is 6.92 Å². The van der Waals surface area contributed by atoms with Gasteiger partial charge in [0.15, 0.2) is 18.2 Å². The summed E-state index contributed by atoms with van der Waals surface area (Å²) < 4.78 is 5.35. The van der Waals surface area contributed by atoms with Crippen LogP contribution in [0.25, 0.3) is 11.1 Å². The van der Waals surface area contributed by atoms with Crippen LogP contribution in [0.4, 0.5) is 5.82 Å². The summed E-state index contributed by atoms with van der Waals surface area (Å²) in [5, 5.41) is 2.67. The number of amides is 1. The van der Waals surface area contributed by atoms with Gasteiger partial charge in [0, 0.05) is 11.8 Å². The van der Waals surface area contributed by atoms with E-state index in [-0.39, 0.29) is 12.5 Å². The average Bonchev–Trinajstić information content (AvgIpc) is 2.38. The Balaban J connectivity index is 2.02. The van der Waals surface area contributed by atoms with Crippen LogP contribution < -0.4 is 10.1 Å². The Kier molecular flexibility index (Phi) is 2.48. The lowest BCUT2D eigenvalue weighted by atomic mass is 10.1. The second-order valence-corrected chi connectivity index (χ2v) is 4.28. The lowest BCUT2D eigenvalue weighted by molar-refractivity contribution is -0.118. The van der Waals surface area contributed by atoms with Crippen molar-refractivity contribution in [3.05, 3.63) is 42.1 Å². The highest BCUT2D eigenvalue weighted by Crippen LogP contribution is 2.30. The van der Waals surface area contributed by atoms with Gasteiger partial charge in [0.1, 0.15) is 0 Å². The van der Waals surface area contributed by atoms with Crippen LogP contribution in [0.15, 0.2) is 36.5 Å². The minimum atomic E-state index is -0.168. The summed E-state index contributed by atoms with van der Waals surface area (Å²) in [7, 11) is 0. The number of pyridine rings is 1. The quantitative estimate of drug-likeness (QED) is 0.832. The molecular formula is C14H12N2O2. The minimum absolute atomic E-state index is 0.0476. The summed E-state index contributed by atoms with van der Waals surface area (Å²) in [4.78, 5) is 15.4. The van der Waals surface area contributed by atoms with Gasteiger partial charge in [0.05, 0.1) is 0 Å². The molecule has 1 N–H and O–H groups in total. The van der Waals surface area contributed by atoms with Crippen molar-refractivity contribution in [2.24, 2.45) is 0 Å². The van der Waals surface area contributed by atoms with Crippen LogP contribution in [0.2, 0.25) is 0 Å². The van der Waals surface area contributed by atoms with Gasteiger partial charge in [-0.25, -0.2) is 4.98 Å². The molecule has 0 unspecified atom stereocenters. The first-order valence-corrected chi connectivity index (χ1v) is 5.72.